The predicted octanol–water partition coefficient (Wildman–Crippen LogP) is 2.23. The molecule has 0 amide bonds. The predicted molar refractivity (Wildman–Crippen MR) is 79.6 cm³/mol. The van der Waals surface area contributed by atoms with Crippen molar-refractivity contribution < 1.29 is 37.0 Å². The molecule has 1 rings (SSSR count). The van der Waals surface area contributed by atoms with E-state index in [1.54, 1.807) is 0 Å². The zero-order valence-corrected chi connectivity index (χ0v) is 13.4. The van der Waals surface area contributed by atoms with E-state index in [1.165, 1.54) is 6.92 Å². The second-order valence-corrected chi connectivity index (χ2v) is 4.84. The van der Waals surface area contributed by atoms with E-state index in [2.05, 4.69) is 10.1 Å². The van der Waals surface area contributed by atoms with Crippen molar-refractivity contribution in [2.24, 2.45) is 0 Å². The molecule has 0 heterocycles. The van der Waals surface area contributed by atoms with Crippen molar-refractivity contribution in [3.8, 4) is 0 Å². The van der Waals surface area contributed by atoms with Crippen LogP contribution in [-0.4, -0.2) is 36.6 Å². The Kier molecular flexibility index (Phi) is 8.06. The molecular formula is C16H17F4NO4. The van der Waals surface area contributed by atoms with Crippen LogP contribution in [-0.2, 0) is 9.53 Å². The summed E-state index contributed by atoms with van der Waals surface area (Å²) < 4.78 is 58.0. The highest BCUT2D eigenvalue weighted by molar-refractivity contribution is 6.24. The van der Waals surface area contributed by atoms with E-state index in [9.17, 15) is 27.2 Å². The number of carbonyl (C=O) groups is 2. The maximum absolute atomic E-state index is 13.8. The minimum Gasteiger partial charge on any atom is -0.462 e. The van der Waals surface area contributed by atoms with Crippen molar-refractivity contribution in [1.29, 1.82) is 0 Å². The van der Waals surface area contributed by atoms with Gasteiger partial charge in [-0.1, -0.05) is 0 Å². The third-order valence-electron chi connectivity index (χ3n) is 3.06. The maximum Gasteiger partial charge on any atom is 0.343 e. The van der Waals surface area contributed by atoms with Gasteiger partial charge in [0.05, 0.1) is 12.2 Å². The molecule has 1 aromatic carbocycles. The van der Waals surface area contributed by atoms with Gasteiger partial charge in [0, 0.05) is 19.4 Å². The van der Waals surface area contributed by atoms with Gasteiger partial charge in [0.2, 0.25) is 5.78 Å². The van der Waals surface area contributed by atoms with Crippen LogP contribution in [0.25, 0.3) is 0 Å². The first-order valence-electron chi connectivity index (χ1n) is 7.44. The molecule has 25 heavy (non-hydrogen) atoms. The van der Waals surface area contributed by atoms with Gasteiger partial charge in [-0.3, -0.25) is 4.79 Å². The Morgan fingerprint density at radius 2 is 1.84 bits per heavy atom. The molecule has 0 atom stereocenters. The average molecular weight is 363 g/mol. The molecular weight excluding hydrogens is 346 g/mol. The Bertz CT molecular complexity index is 677. The number of Topliss-reactive ketones (excluding diaryl/α,β-unsaturated/α-hetero) is 1. The topological polar surface area (TPSA) is 75.6 Å². The summed E-state index contributed by atoms with van der Waals surface area (Å²) in [6.07, 6.45) is 1.90. The average Bonchev–Trinajstić information content (AvgIpc) is 2.59. The normalized spacial score (nSPS) is 11.4. The fourth-order valence-corrected chi connectivity index (χ4v) is 1.82. The molecule has 1 aromatic rings. The third kappa shape index (κ3) is 5.28. The largest absolute Gasteiger partial charge is 0.462 e. The van der Waals surface area contributed by atoms with Crippen molar-refractivity contribution in [3.63, 3.8) is 0 Å². The number of esters is 1. The summed E-state index contributed by atoms with van der Waals surface area (Å²) in [7, 11) is 0. The summed E-state index contributed by atoms with van der Waals surface area (Å²) in [6, 6.07) is 0.176. The van der Waals surface area contributed by atoms with Gasteiger partial charge in [0.25, 0.3) is 0 Å². The molecule has 0 aliphatic rings. The van der Waals surface area contributed by atoms with E-state index >= 15 is 0 Å². The van der Waals surface area contributed by atoms with Crippen molar-refractivity contribution in [1.82, 2.24) is 5.32 Å². The van der Waals surface area contributed by atoms with Gasteiger partial charge in [-0.15, -0.1) is 0 Å². The van der Waals surface area contributed by atoms with Crippen LogP contribution < -0.4 is 5.32 Å². The Labute approximate surface area is 141 Å². The van der Waals surface area contributed by atoms with Crippen LogP contribution in [0.5, 0.6) is 0 Å². The quantitative estimate of drug-likeness (QED) is 0.0810. The number of hydrogen-bond acceptors (Lipinski definition) is 5. The van der Waals surface area contributed by atoms with Gasteiger partial charge in [0.15, 0.2) is 23.3 Å². The number of hydrogen-bond donors (Lipinski definition) is 2. The van der Waals surface area contributed by atoms with Crippen LogP contribution in [0.3, 0.4) is 0 Å². The van der Waals surface area contributed by atoms with Gasteiger partial charge in [0.1, 0.15) is 5.57 Å². The zero-order chi connectivity index (χ0) is 19.0. The van der Waals surface area contributed by atoms with E-state index in [0.717, 1.165) is 6.20 Å². The summed E-state index contributed by atoms with van der Waals surface area (Å²) in [6.45, 7) is 1.59. The molecule has 2 N–H and O–H groups in total. The van der Waals surface area contributed by atoms with Gasteiger partial charge >= 0.3 is 5.97 Å². The first-order chi connectivity index (χ1) is 11.8. The second-order valence-electron chi connectivity index (χ2n) is 4.84. The second kappa shape index (κ2) is 9.77. The van der Waals surface area contributed by atoms with E-state index in [0.29, 0.717) is 12.8 Å². The molecule has 0 fully saturated rings. The van der Waals surface area contributed by atoms with Crippen molar-refractivity contribution in [2.45, 2.75) is 19.8 Å². The molecule has 0 unspecified atom stereocenters. The van der Waals surface area contributed by atoms with Crippen LogP contribution >= 0.6 is 0 Å². The lowest BCUT2D eigenvalue weighted by Gasteiger charge is -2.09. The lowest BCUT2D eigenvalue weighted by Crippen LogP contribution is -2.22. The maximum atomic E-state index is 13.8. The van der Waals surface area contributed by atoms with Crippen molar-refractivity contribution in [3.05, 3.63) is 46.7 Å². The Morgan fingerprint density at radius 3 is 2.44 bits per heavy atom. The van der Waals surface area contributed by atoms with Crippen LogP contribution in [0.2, 0.25) is 0 Å². The van der Waals surface area contributed by atoms with Gasteiger partial charge < -0.3 is 15.2 Å². The molecule has 138 valence electrons. The van der Waals surface area contributed by atoms with Gasteiger partial charge in [-0.2, -0.15) is 0 Å². The van der Waals surface area contributed by atoms with Crippen molar-refractivity contribution in [2.75, 3.05) is 19.8 Å². The Balaban J connectivity index is 3.15. The zero-order valence-electron chi connectivity index (χ0n) is 13.4. The van der Waals surface area contributed by atoms with Gasteiger partial charge in [-0.05, 0) is 25.8 Å². The lowest BCUT2D eigenvalue weighted by molar-refractivity contribution is -0.138. The number of halogens is 4. The van der Waals surface area contributed by atoms with E-state index in [4.69, 9.17) is 5.11 Å². The molecule has 0 saturated carbocycles. The van der Waals surface area contributed by atoms with Gasteiger partial charge in [-0.25, -0.2) is 22.4 Å². The number of ketones is 1. The highest BCUT2D eigenvalue weighted by Gasteiger charge is 2.28. The number of aliphatic hydroxyl groups excluding tert-OH is 1. The standard InChI is InChI=1S/C16H17F4NO4/c1-2-25-16(24)10(8-21-5-3-4-6-22)15(23)9-7-11(17)13(19)14(20)12(9)18/h7-8,21-22H,2-6H2,1H3. The first kappa shape index (κ1) is 20.6. The summed E-state index contributed by atoms with van der Waals surface area (Å²) in [5.74, 6) is -10.4. The molecule has 0 bridgehead atoms. The van der Waals surface area contributed by atoms with Crippen LogP contribution in [0.4, 0.5) is 17.6 Å². The molecule has 9 heteroatoms. The molecule has 5 nitrogen and oxygen atoms in total. The highest BCUT2D eigenvalue weighted by atomic mass is 19.2. The number of ether oxygens (including phenoxy) is 1. The SMILES string of the molecule is CCOC(=O)C(=CNCCCCO)C(=O)c1cc(F)c(F)c(F)c1F. The van der Waals surface area contributed by atoms with E-state index in [1.807, 2.05) is 0 Å². The first-order valence-corrected chi connectivity index (χ1v) is 7.44. The highest BCUT2D eigenvalue weighted by Crippen LogP contribution is 2.21. The molecule has 0 spiro atoms. The number of nitrogens with one attached hydrogen (secondary N) is 1. The van der Waals surface area contributed by atoms with E-state index in [-0.39, 0.29) is 25.8 Å². The third-order valence-corrected chi connectivity index (χ3v) is 3.06. The summed E-state index contributed by atoms with van der Waals surface area (Å²) >= 11 is 0. The van der Waals surface area contributed by atoms with Crippen molar-refractivity contribution >= 4 is 11.8 Å². The van der Waals surface area contributed by atoms with E-state index < -0.39 is 46.2 Å². The van der Waals surface area contributed by atoms with Crippen LogP contribution in [0.15, 0.2) is 17.8 Å². The molecule has 0 radical (unpaired) electrons. The fourth-order valence-electron chi connectivity index (χ4n) is 1.82. The van der Waals surface area contributed by atoms with Crippen LogP contribution in [0, 0.1) is 23.3 Å². The number of carbonyl (C=O) groups excluding carboxylic acids is 2. The summed E-state index contributed by atoms with van der Waals surface area (Å²) in [4.78, 5) is 24.1. The fraction of sp³-hybridized carbons (Fsp3) is 0.375. The number of unbranched alkanes of at least 4 members (excludes halogenated alkanes) is 1. The molecule has 0 aromatic heterocycles. The number of benzene rings is 1. The number of rotatable bonds is 9. The lowest BCUT2D eigenvalue weighted by atomic mass is 10.0. The molecule has 0 aliphatic heterocycles. The summed E-state index contributed by atoms with van der Waals surface area (Å²) in [5, 5.41) is 11.3. The molecule has 0 aliphatic carbocycles. The minimum atomic E-state index is -2.15. The number of aliphatic hydroxyl groups is 1. The smallest absolute Gasteiger partial charge is 0.343 e. The van der Waals surface area contributed by atoms with Crippen LogP contribution in [0.1, 0.15) is 30.1 Å². The Hall–Kier alpha value is -2.42. The molecule has 0 saturated heterocycles. The summed E-state index contributed by atoms with van der Waals surface area (Å²) in [5.41, 5.74) is -1.83. The monoisotopic (exact) mass is 363 g/mol. The minimum absolute atomic E-state index is 0.0472. The Morgan fingerprint density at radius 1 is 1.16 bits per heavy atom.